The molecule has 1 saturated heterocycles. The molecule has 2 rings (SSSR count). The zero-order valence-electron chi connectivity index (χ0n) is 24.9. The zero-order valence-corrected chi connectivity index (χ0v) is 26.4. The molecule has 0 aromatic heterocycles. The van der Waals surface area contributed by atoms with Crippen molar-refractivity contribution in [1.29, 1.82) is 0 Å². The Bertz CT molecular complexity index is 924. The summed E-state index contributed by atoms with van der Waals surface area (Å²) >= 11 is 3.52. The van der Waals surface area contributed by atoms with Gasteiger partial charge in [-0.3, -0.25) is 14.7 Å². The van der Waals surface area contributed by atoms with Crippen molar-refractivity contribution in [3.05, 3.63) is 69.8 Å². The second kappa shape index (κ2) is 16.7. The van der Waals surface area contributed by atoms with Gasteiger partial charge in [0.15, 0.2) is 0 Å². The van der Waals surface area contributed by atoms with Gasteiger partial charge in [-0.15, -0.1) is 0 Å². The van der Waals surface area contributed by atoms with Gasteiger partial charge in [-0.05, 0) is 54.5 Å². The zero-order chi connectivity index (χ0) is 28.8. The molecule has 1 fully saturated rings. The molecule has 1 N–H and O–H groups in total. The Balaban J connectivity index is 0.00000165. The molecule has 1 heterocycles. The second-order valence-electron chi connectivity index (χ2n) is 11.0. The monoisotopic (exact) mass is 575 g/mol. The summed E-state index contributed by atoms with van der Waals surface area (Å²) in [4.78, 5) is 19.9. The van der Waals surface area contributed by atoms with Gasteiger partial charge in [0.05, 0.1) is 5.60 Å². The average Bonchev–Trinajstić information content (AvgIpc) is 2.83. The highest BCUT2D eigenvalue weighted by Crippen LogP contribution is 2.33. The lowest BCUT2D eigenvalue weighted by molar-refractivity contribution is -0.0239. The Labute approximate surface area is 235 Å². The van der Waals surface area contributed by atoms with Crippen molar-refractivity contribution in [3.8, 4) is 0 Å². The number of halogens is 1. The third kappa shape index (κ3) is 13.9. The van der Waals surface area contributed by atoms with Gasteiger partial charge < -0.3 is 10.0 Å². The summed E-state index contributed by atoms with van der Waals surface area (Å²) in [5, 5.41) is 11.2. The van der Waals surface area contributed by atoms with E-state index in [1.807, 2.05) is 32.1 Å². The van der Waals surface area contributed by atoms with Gasteiger partial charge in [-0.2, -0.15) is 0 Å². The number of hydrogen-bond acceptors (Lipinski definition) is 4. The molecule has 5 nitrogen and oxygen atoms in total. The molecule has 0 saturated carbocycles. The number of aliphatic imine (C=N–C) groups is 1. The summed E-state index contributed by atoms with van der Waals surface area (Å²) in [6.07, 6.45) is 7.01. The molecule has 1 aliphatic rings. The first kappa shape index (κ1) is 35.0. The van der Waals surface area contributed by atoms with E-state index in [0.29, 0.717) is 23.8 Å². The maximum atomic E-state index is 12.1. The van der Waals surface area contributed by atoms with Crippen molar-refractivity contribution in [2.24, 2.45) is 10.4 Å². The molecule has 0 unspecified atom stereocenters. The summed E-state index contributed by atoms with van der Waals surface area (Å²) in [5.41, 5.74) is 3.30. The summed E-state index contributed by atoms with van der Waals surface area (Å²) < 4.78 is 0.914. The van der Waals surface area contributed by atoms with E-state index in [0.717, 1.165) is 35.3 Å². The molecule has 1 amide bonds. The molecule has 208 valence electrons. The van der Waals surface area contributed by atoms with Crippen molar-refractivity contribution < 1.29 is 9.90 Å². The highest BCUT2D eigenvalue weighted by Gasteiger charge is 2.34. The maximum absolute atomic E-state index is 12.1. The van der Waals surface area contributed by atoms with Crippen LogP contribution in [-0.4, -0.2) is 67.8 Å². The van der Waals surface area contributed by atoms with Crippen LogP contribution in [0.2, 0.25) is 0 Å². The fourth-order valence-corrected chi connectivity index (χ4v) is 3.80. The van der Waals surface area contributed by atoms with Crippen molar-refractivity contribution in [1.82, 2.24) is 9.80 Å². The molecule has 1 aliphatic heterocycles. The highest BCUT2D eigenvalue weighted by atomic mass is 79.9. The summed E-state index contributed by atoms with van der Waals surface area (Å²) in [7, 11) is 5.20. The normalized spacial score (nSPS) is 16.3. The van der Waals surface area contributed by atoms with Crippen LogP contribution in [0.1, 0.15) is 77.2 Å². The van der Waals surface area contributed by atoms with Crippen LogP contribution < -0.4 is 0 Å². The lowest BCUT2D eigenvalue weighted by Gasteiger charge is -2.38. The van der Waals surface area contributed by atoms with E-state index in [4.69, 9.17) is 0 Å². The van der Waals surface area contributed by atoms with Gasteiger partial charge in [0.1, 0.15) is 0 Å². The number of rotatable bonds is 7. The van der Waals surface area contributed by atoms with Crippen molar-refractivity contribution in [2.45, 2.75) is 66.9 Å². The lowest BCUT2D eigenvalue weighted by Crippen LogP contribution is -2.43. The topological polar surface area (TPSA) is 56.1 Å². The van der Waals surface area contributed by atoms with Crippen molar-refractivity contribution >= 4 is 28.1 Å². The molecule has 1 aromatic carbocycles. The SMILES string of the molecule is C=C(/C=C(\C)CN1CCC(O)(c2ccc(C(=O)N(C)C)cc2)CC1)/C(Br)=C\C=NC.CC.CC(C)(C)C. The summed E-state index contributed by atoms with van der Waals surface area (Å²) in [6.45, 7) is 21.4. The molecule has 0 atom stereocenters. The first-order chi connectivity index (χ1) is 17.2. The quantitative estimate of drug-likeness (QED) is 0.275. The van der Waals surface area contributed by atoms with Crippen LogP contribution in [-0.2, 0) is 5.60 Å². The van der Waals surface area contributed by atoms with Gasteiger partial charge in [0.25, 0.3) is 5.91 Å². The summed E-state index contributed by atoms with van der Waals surface area (Å²) in [6, 6.07) is 7.36. The minimum atomic E-state index is -0.845. The Morgan fingerprint density at radius 1 is 1.16 bits per heavy atom. The van der Waals surface area contributed by atoms with E-state index in [9.17, 15) is 9.90 Å². The number of amides is 1. The third-order valence-electron chi connectivity index (χ3n) is 5.33. The molecule has 1 aromatic rings. The first-order valence-corrected chi connectivity index (χ1v) is 13.9. The van der Waals surface area contributed by atoms with Crippen LogP contribution in [0.5, 0.6) is 0 Å². The molecule has 0 bridgehead atoms. The second-order valence-corrected chi connectivity index (χ2v) is 11.9. The van der Waals surface area contributed by atoms with Crippen LogP contribution in [0.25, 0.3) is 0 Å². The molecule has 0 radical (unpaired) electrons. The van der Waals surface area contributed by atoms with Gasteiger partial charge in [0.2, 0.25) is 0 Å². The van der Waals surface area contributed by atoms with E-state index >= 15 is 0 Å². The van der Waals surface area contributed by atoms with E-state index in [-0.39, 0.29) is 5.91 Å². The average molecular weight is 577 g/mol. The standard InChI is InChI=1S/C24H32BrN3O2.C5H12.C2H6/c1-18(16-19(2)22(25)10-13-26-3)17-28-14-11-24(30,12-15-28)21-8-6-20(7-9-21)23(29)27(4)5;1-5(2,3)4;1-2/h6-10,13,16,30H,2,11-12,14-15,17H2,1,3-5H3;1-4H3;1-2H3/b18-16+,22-10+,26-13?;;. The van der Waals surface area contributed by atoms with Crippen LogP contribution in [0.4, 0.5) is 0 Å². The van der Waals surface area contributed by atoms with Crippen LogP contribution in [0.15, 0.2) is 63.6 Å². The van der Waals surface area contributed by atoms with Crippen LogP contribution >= 0.6 is 15.9 Å². The van der Waals surface area contributed by atoms with Gasteiger partial charge in [0, 0.05) is 57.0 Å². The number of allylic oxidation sites excluding steroid dienone is 4. The number of piperidine rings is 1. The number of nitrogens with zero attached hydrogens (tertiary/aromatic N) is 3. The number of likely N-dealkylation sites (tertiary alicyclic amines) is 1. The maximum Gasteiger partial charge on any atom is 0.253 e. The minimum Gasteiger partial charge on any atom is -0.385 e. The van der Waals surface area contributed by atoms with Crippen LogP contribution in [0.3, 0.4) is 0 Å². The predicted molar refractivity (Wildman–Crippen MR) is 165 cm³/mol. The molecule has 0 spiro atoms. The Morgan fingerprint density at radius 2 is 1.65 bits per heavy atom. The minimum absolute atomic E-state index is 0.0318. The molecule has 6 heteroatoms. The Hall–Kier alpha value is -2.02. The number of aliphatic hydroxyl groups is 1. The lowest BCUT2D eigenvalue weighted by atomic mass is 9.84. The fraction of sp³-hybridized carbons (Fsp3) is 0.548. The van der Waals surface area contributed by atoms with Gasteiger partial charge >= 0.3 is 0 Å². The Kier molecular flexibility index (Phi) is 15.8. The summed E-state index contributed by atoms with van der Waals surface area (Å²) in [5.74, 6) is -0.0318. The molecule has 37 heavy (non-hydrogen) atoms. The molecule has 0 aliphatic carbocycles. The van der Waals surface area contributed by atoms with Crippen molar-refractivity contribution in [3.63, 3.8) is 0 Å². The smallest absolute Gasteiger partial charge is 0.253 e. The molecular weight excluding hydrogens is 526 g/mol. The van der Waals surface area contributed by atoms with Gasteiger partial charge in [-0.25, -0.2) is 0 Å². The van der Waals surface area contributed by atoms with E-state index in [1.54, 1.807) is 44.4 Å². The molecular formula is C31H50BrN3O2. The highest BCUT2D eigenvalue weighted by molar-refractivity contribution is 9.12. The first-order valence-electron chi connectivity index (χ1n) is 13.1. The third-order valence-corrected chi connectivity index (χ3v) is 6.10. The van der Waals surface area contributed by atoms with E-state index in [2.05, 4.69) is 73.1 Å². The largest absolute Gasteiger partial charge is 0.385 e. The van der Waals surface area contributed by atoms with E-state index < -0.39 is 5.60 Å². The number of hydrogen-bond donors (Lipinski definition) is 1. The predicted octanol–water partition coefficient (Wildman–Crippen LogP) is 7.23. The number of carbonyl (C=O) groups excluding carboxylic acids is 1. The number of carbonyl (C=O) groups is 1. The van der Waals surface area contributed by atoms with E-state index in [1.165, 1.54) is 5.57 Å². The fourth-order valence-electron chi connectivity index (χ4n) is 3.56. The van der Waals surface area contributed by atoms with Crippen molar-refractivity contribution in [2.75, 3.05) is 40.8 Å². The van der Waals surface area contributed by atoms with Gasteiger partial charge in [-0.1, -0.05) is 87.8 Å². The van der Waals surface area contributed by atoms with Crippen LogP contribution in [0, 0.1) is 5.41 Å². The Morgan fingerprint density at radius 3 is 2.08 bits per heavy atom. The number of benzene rings is 1.